The minimum atomic E-state index is -0.398. The quantitative estimate of drug-likeness (QED) is 0.0557. The summed E-state index contributed by atoms with van der Waals surface area (Å²) in [5.41, 5.74) is 11.0. The normalized spacial score (nSPS) is 14.0. The van der Waals surface area contributed by atoms with Crippen LogP contribution in [0.25, 0.3) is 0 Å². The number of ether oxygens (including phenoxy) is 3. The highest BCUT2D eigenvalue weighted by molar-refractivity contribution is 5.16. The lowest BCUT2D eigenvalue weighted by atomic mass is 10.1. The maximum absolute atomic E-state index is 6.64. The summed E-state index contributed by atoms with van der Waals surface area (Å²) in [4.78, 5) is 0. The topological polar surface area (TPSA) is 27.7 Å². The second-order valence-electron chi connectivity index (χ2n) is 14.6. The van der Waals surface area contributed by atoms with Crippen molar-refractivity contribution in [3.63, 3.8) is 0 Å². The van der Waals surface area contributed by atoms with Gasteiger partial charge in [0.05, 0.1) is 13.2 Å². The van der Waals surface area contributed by atoms with Crippen molar-refractivity contribution in [2.75, 3.05) is 13.2 Å². The summed E-state index contributed by atoms with van der Waals surface area (Å²) in [6, 6.07) is 20.9. The second-order valence-corrected chi connectivity index (χ2v) is 14.6. The van der Waals surface area contributed by atoms with Crippen molar-refractivity contribution in [3.8, 4) is 0 Å². The summed E-state index contributed by atoms with van der Waals surface area (Å²) in [5, 5.41) is 0. The Hall–Kier alpha value is -3.24. The number of hydrogen-bond acceptors (Lipinski definition) is 3. The van der Waals surface area contributed by atoms with Crippen LogP contribution in [0, 0.1) is 0 Å². The van der Waals surface area contributed by atoms with Crippen LogP contribution in [0.2, 0.25) is 0 Å². The summed E-state index contributed by atoms with van der Waals surface area (Å²) >= 11 is 0. The molecule has 0 bridgehead atoms. The van der Waals surface area contributed by atoms with Crippen LogP contribution in [0.3, 0.4) is 0 Å². The zero-order valence-electron chi connectivity index (χ0n) is 33.5. The van der Waals surface area contributed by atoms with E-state index >= 15 is 0 Å². The highest BCUT2D eigenvalue weighted by atomic mass is 16.8. The van der Waals surface area contributed by atoms with Crippen LogP contribution in [0.5, 0.6) is 0 Å². The maximum Gasteiger partial charge on any atom is 0.164 e. The zero-order valence-corrected chi connectivity index (χ0v) is 33.5. The summed E-state index contributed by atoms with van der Waals surface area (Å²) in [5.74, 6) is 0. The van der Waals surface area contributed by atoms with E-state index in [9.17, 15) is 0 Å². The molecule has 0 saturated heterocycles. The van der Waals surface area contributed by atoms with Crippen LogP contribution < -0.4 is 0 Å². The van der Waals surface area contributed by atoms with Crippen LogP contribution in [-0.2, 0) is 27.1 Å². The van der Waals surface area contributed by atoms with Crippen LogP contribution >= 0.6 is 0 Å². The molecule has 0 heterocycles. The van der Waals surface area contributed by atoms with Gasteiger partial charge in [0.25, 0.3) is 0 Å². The highest BCUT2D eigenvalue weighted by Crippen LogP contribution is 2.17. The van der Waals surface area contributed by atoms with E-state index in [1.54, 1.807) is 0 Å². The average Bonchev–Trinajstić information content (AvgIpc) is 3.09. The lowest BCUT2D eigenvalue weighted by Crippen LogP contribution is -2.31. The monoisotopic (exact) mass is 695 g/mol. The molecular weight excluding hydrogens is 625 g/mol. The van der Waals surface area contributed by atoms with Crippen LogP contribution in [0.1, 0.15) is 131 Å². The van der Waals surface area contributed by atoms with E-state index in [0.29, 0.717) is 26.1 Å². The van der Waals surface area contributed by atoms with Crippen molar-refractivity contribution in [2.24, 2.45) is 0 Å². The predicted molar refractivity (Wildman–Crippen MR) is 221 cm³/mol. The summed E-state index contributed by atoms with van der Waals surface area (Å²) < 4.78 is 19.5. The van der Waals surface area contributed by atoms with Gasteiger partial charge in [-0.2, -0.15) is 0 Å². The van der Waals surface area contributed by atoms with Gasteiger partial charge in [-0.25, -0.2) is 0 Å². The number of allylic oxidation sites excluding steroid dienone is 10. The average molecular weight is 695 g/mol. The van der Waals surface area contributed by atoms with Crippen molar-refractivity contribution in [3.05, 3.63) is 142 Å². The molecule has 3 heteroatoms. The molecule has 51 heavy (non-hydrogen) atoms. The molecule has 0 N–H and O–H groups in total. The van der Waals surface area contributed by atoms with Crippen molar-refractivity contribution in [1.29, 1.82) is 0 Å². The third-order valence-corrected chi connectivity index (χ3v) is 8.87. The molecule has 0 radical (unpaired) electrons. The highest BCUT2D eigenvalue weighted by Gasteiger charge is 2.19. The van der Waals surface area contributed by atoms with Gasteiger partial charge >= 0.3 is 0 Å². The SMILES string of the molecule is CC(C)=CCC/C(C)=C/CC/C(C)=C/CCOC(Cc1ccccc1)OC(Cc1ccccc1)OCC/C=C(\C)CC/C=C(\C)CCC=C(C)C. The lowest BCUT2D eigenvalue weighted by Gasteiger charge is -2.25. The molecule has 2 aromatic carbocycles. The summed E-state index contributed by atoms with van der Waals surface area (Å²) in [6.45, 7) is 18.8. The minimum Gasteiger partial charge on any atom is -0.352 e. The molecule has 280 valence electrons. The van der Waals surface area contributed by atoms with Crippen LogP contribution in [0.4, 0.5) is 0 Å². The van der Waals surface area contributed by atoms with Gasteiger partial charge in [-0.3, -0.25) is 0 Å². The Morgan fingerprint density at radius 2 is 0.745 bits per heavy atom. The molecule has 0 saturated carbocycles. The standard InChI is InChI=1S/C48H70O3/c1-39(2)21-15-23-41(5)25-17-27-43(7)29-19-35-49-47(37-45-31-11-9-12-32-45)51-48(38-46-33-13-10-14-34-46)50-36-20-30-44(8)28-18-26-42(6)24-16-22-40(3)4/h9-14,21-22,25-26,29-34,47-48H,15-20,23-24,27-28,35-38H2,1-8H3/b41-25+,42-26+,43-29+,44-30+. The third kappa shape index (κ3) is 23.8. The first kappa shape index (κ1) is 43.9. The van der Waals surface area contributed by atoms with Gasteiger partial charge in [0.2, 0.25) is 0 Å². The van der Waals surface area contributed by atoms with Gasteiger partial charge in [0.15, 0.2) is 12.6 Å². The van der Waals surface area contributed by atoms with Gasteiger partial charge in [0, 0.05) is 12.8 Å². The fourth-order valence-electron chi connectivity index (χ4n) is 5.76. The Kier molecular flexibility index (Phi) is 23.6. The second kappa shape index (κ2) is 27.4. The zero-order chi connectivity index (χ0) is 37.1. The smallest absolute Gasteiger partial charge is 0.164 e. The molecule has 2 atom stereocenters. The van der Waals surface area contributed by atoms with Gasteiger partial charge in [-0.1, -0.05) is 131 Å². The number of rotatable bonds is 26. The van der Waals surface area contributed by atoms with E-state index in [-0.39, 0.29) is 0 Å². The predicted octanol–water partition coefficient (Wildman–Crippen LogP) is 13.8. The first-order valence-electron chi connectivity index (χ1n) is 19.5. The molecular formula is C48H70O3. The molecule has 0 fully saturated rings. The summed E-state index contributed by atoms with van der Waals surface area (Å²) in [6.07, 6.45) is 25.2. The van der Waals surface area contributed by atoms with Crippen molar-refractivity contribution in [2.45, 2.75) is 145 Å². The molecule has 0 aliphatic rings. The van der Waals surface area contributed by atoms with Gasteiger partial charge in [-0.05, 0) is 131 Å². The Balaban J connectivity index is 1.95. The maximum atomic E-state index is 6.64. The molecule has 2 aromatic rings. The van der Waals surface area contributed by atoms with Gasteiger partial charge in [-0.15, -0.1) is 0 Å². The molecule has 0 aromatic heterocycles. The molecule has 3 nitrogen and oxygen atoms in total. The van der Waals surface area contributed by atoms with E-state index in [0.717, 1.165) is 64.2 Å². The minimum absolute atomic E-state index is 0.398. The van der Waals surface area contributed by atoms with Crippen LogP contribution in [-0.4, -0.2) is 25.8 Å². The van der Waals surface area contributed by atoms with Crippen molar-refractivity contribution in [1.82, 2.24) is 0 Å². The molecule has 0 amide bonds. The van der Waals surface area contributed by atoms with Gasteiger partial charge in [0.1, 0.15) is 0 Å². The number of benzene rings is 2. The van der Waals surface area contributed by atoms with Gasteiger partial charge < -0.3 is 14.2 Å². The van der Waals surface area contributed by atoms with Crippen molar-refractivity contribution >= 4 is 0 Å². The fourth-order valence-corrected chi connectivity index (χ4v) is 5.76. The van der Waals surface area contributed by atoms with E-state index in [4.69, 9.17) is 14.2 Å². The summed E-state index contributed by atoms with van der Waals surface area (Å²) in [7, 11) is 0. The lowest BCUT2D eigenvalue weighted by molar-refractivity contribution is -0.243. The van der Waals surface area contributed by atoms with E-state index in [2.05, 4.69) is 140 Å². The van der Waals surface area contributed by atoms with E-state index in [1.165, 1.54) is 44.6 Å². The molecule has 0 aliphatic carbocycles. The Morgan fingerprint density at radius 3 is 1.08 bits per heavy atom. The molecule has 2 unspecified atom stereocenters. The fraction of sp³-hybridized carbons (Fsp3) is 0.500. The Labute approximate surface area is 313 Å². The molecule has 0 spiro atoms. The number of hydrogen-bond donors (Lipinski definition) is 0. The largest absolute Gasteiger partial charge is 0.352 e. The third-order valence-electron chi connectivity index (χ3n) is 8.87. The molecule has 0 aliphatic heterocycles. The van der Waals surface area contributed by atoms with Crippen LogP contribution in [0.15, 0.2) is 131 Å². The van der Waals surface area contributed by atoms with Crippen molar-refractivity contribution < 1.29 is 14.2 Å². The van der Waals surface area contributed by atoms with E-state index < -0.39 is 12.6 Å². The Morgan fingerprint density at radius 1 is 0.431 bits per heavy atom. The van der Waals surface area contributed by atoms with E-state index in [1.807, 2.05) is 12.1 Å². The molecule has 2 rings (SSSR count). The first-order chi connectivity index (χ1) is 24.6. The first-order valence-corrected chi connectivity index (χ1v) is 19.5. The Bertz CT molecular complexity index is 1270.